The van der Waals surface area contributed by atoms with Crippen molar-refractivity contribution in [3.8, 4) is 0 Å². The molecule has 2 N–H and O–H groups in total. The molecule has 0 bridgehead atoms. The highest BCUT2D eigenvalue weighted by molar-refractivity contribution is 5.89. The zero-order valence-electron chi connectivity index (χ0n) is 18.1. The summed E-state index contributed by atoms with van der Waals surface area (Å²) in [4.78, 5) is 37.8. The van der Waals surface area contributed by atoms with E-state index in [4.69, 9.17) is 4.74 Å². The van der Waals surface area contributed by atoms with Crippen LogP contribution in [0, 0.1) is 17.8 Å². The number of amides is 3. The highest BCUT2D eigenvalue weighted by Crippen LogP contribution is 2.38. The van der Waals surface area contributed by atoms with Crippen molar-refractivity contribution in [2.45, 2.75) is 72.1 Å². The van der Waals surface area contributed by atoms with Crippen molar-refractivity contribution >= 4 is 17.7 Å². The Kier molecular flexibility index (Phi) is 8.26. The first-order chi connectivity index (χ1) is 12.4. The van der Waals surface area contributed by atoms with Crippen molar-refractivity contribution < 1.29 is 19.1 Å². The number of nitrogens with one attached hydrogen (secondary N) is 2. The maximum absolute atomic E-state index is 12.8. The number of carbonyl (C=O) groups is 3. The minimum absolute atomic E-state index is 0.0557. The van der Waals surface area contributed by atoms with Crippen LogP contribution in [-0.4, -0.2) is 61.0 Å². The van der Waals surface area contributed by atoms with E-state index in [1.54, 1.807) is 21.0 Å². The average molecular weight is 384 g/mol. The van der Waals surface area contributed by atoms with E-state index >= 15 is 0 Å². The largest absolute Gasteiger partial charge is 0.360 e. The summed E-state index contributed by atoms with van der Waals surface area (Å²) < 4.78 is 6.35. The Balaban J connectivity index is 3.02. The Labute approximate surface area is 163 Å². The Morgan fingerprint density at radius 3 is 2.33 bits per heavy atom. The molecule has 0 radical (unpaired) electrons. The van der Waals surface area contributed by atoms with Crippen molar-refractivity contribution in [3.05, 3.63) is 0 Å². The van der Waals surface area contributed by atoms with Gasteiger partial charge in [0.15, 0.2) is 0 Å². The number of ether oxygens (including phenoxy) is 1. The highest BCUT2D eigenvalue weighted by atomic mass is 16.5. The summed E-state index contributed by atoms with van der Waals surface area (Å²) in [5, 5.41) is 5.74. The van der Waals surface area contributed by atoms with E-state index in [1.165, 1.54) is 11.8 Å². The van der Waals surface area contributed by atoms with Crippen LogP contribution in [0.1, 0.15) is 54.4 Å². The molecule has 3 amide bonds. The van der Waals surface area contributed by atoms with Crippen LogP contribution in [0.2, 0.25) is 0 Å². The van der Waals surface area contributed by atoms with Gasteiger partial charge in [0.1, 0.15) is 5.60 Å². The molecule has 1 rings (SSSR count). The third-order valence-corrected chi connectivity index (χ3v) is 5.88. The van der Waals surface area contributed by atoms with Gasteiger partial charge in [-0.05, 0) is 31.1 Å². The second kappa shape index (κ2) is 9.53. The first kappa shape index (κ1) is 23.4. The van der Waals surface area contributed by atoms with Crippen molar-refractivity contribution in [1.82, 2.24) is 15.5 Å². The van der Waals surface area contributed by atoms with Crippen LogP contribution in [0.5, 0.6) is 0 Å². The molecule has 1 aliphatic rings. The maximum atomic E-state index is 12.8. The standard InChI is InChI=1S/C20H37N3O4/c1-9-12(2)14(4)18-17(22-15(5)24)13(3)10-20(6,27-18)19(26)21-11-16(25)23(7)8/h12-14,17-18H,9-11H2,1-8H3,(H,21,26)(H,22,24). The average Bonchev–Trinajstić information content (AvgIpc) is 2.59. The summed E-state index contributed by atoms with van der Waals surface area (Å²) in [7, 11) is 3.30. The first-order valence-corrected chi connectivity index (χ1v) is 9.86. The minimum Gasteiger partial charge on any atom is -0.360 e. The second-order valence-electron chi connectivity index (χ2n) is 8.44. The number of carbonyl (C=O) groups excluding carboxylic acids is 3. The summed E-state index contributed by atoms with van der Waals surface area (Å²) in [6, 6.07) is -0.143. The van der Waals surface area contributed by atoms with Crippen molar-refractivity contribution in [1.29, 1.82) is 0 Å². The summed E-state index contributed by atoms with van der Waals surface area (Å²) in [5.74, 6) is 0.0776. The Hall–Kier alpha value is -1.63. The predicted molar refractivity (Wildman–Crippen MR) is 105 cm³/mol. The molecule has 7 heteroatoms. The van der Waals surface area contributed by atoms with Gasteiger partial charge >= 0.3 is 0 Å². The molecule has 0 saturated carbocycles. The lowest BCUT2D eigenvalue weighted by atomic mass is 9.75. The first-order valence-electron chi connectivity index (χ1n) is 9.86. The summed E-state index contributed by atoms with van der Waals surface area (Å²) in [6.07, 6.45) is 1.19. The van der Waals surface area contributed by atoms with E-state index in [0.717, 1.165) is 6.42 Å². The highest BCUT2D eigenvalue weighted by Gasteiger charge is 2.49. The second-order valence-corrected chi connectivity index (χ2v) is 8.44. The molecule has 6 unspecified atom stereocenters. The van der Waals surface area contributed by atoms with Crippen LogP contribution in [0.25, 0.3) is 0 Å². The third kappa shape index (κ3) is 5.92. The zero-order chi connectivity index (χ0) is 20.9. The monoisotopic (exact) mass is 383 g/mol. The molecule has 0 aromatic heterocycles. The lowest BCUT2D eigenvalue weighted by Crippen LogP contribution is -2.63. The molecule has 1 heterocycles. The van der Waals surface area contributed by atoms with Crippen LogP contribution >= 0.6 is 0 Å². The molecule has 0 aliphatic carbocycles. The molecule has 1 aliphatic heterocycles. The van der Waals surface area contributed by atoms with E-state index in [9.17, 15) is 14.4 Å². The number of hydrogen-bond acceptors (Lipinski definition) is 4. The van der Waals surface area contributed by atoms with Gasteiger partial charge in [0.25, 0.3) is 5.91 Å². The van der Waals surface area contributed by atoms with Gasteiger partial charge in [0.05, 0.1) is 18.7 Å². The minimum atomic E-state index is -1.03. The van der Waals surface area contributed by atoms with Crippen molar-refractivity contribution in [2.75, 3.05) is 20.6 Å². The molecule has 7 nitrogen and oxygen atoms in total. The molecule has 6 atom stereocenters. The van der Waals surface area contributed by atoms with Crippen LogP contribution in [0.15, 0.2) is 0 Å². The molecule has 0 spiro atoms. The number of nitrogens with zero attached hydrogens (tertiary/aromatic N) is 1. The van der Waals surface area contributed by atoms with Gasteiger partial charge in [0, 0.05) is 21.0 Å². The Bertz CT molecular complexity index is 551. The molecule has 0 aromatic rings. The lowest BCUT2D eigenvalue weighted by Gasteiger charge is -2.48. The fourth-order valence-electron chi connectivity index (χ4n) is 3.72. The quantitative estimate of drug-likeness (QED) is 0.698. The van der Waals surface area contributed by atoms with Crippen LogP contribution in [-0.2, 0) is 19.1 Å². The lowest BCUT2D eigenvalue weighted by molar-refractivity contribution is -0.186. The smallest absolute Gasteiger partial charge is 0.252 e. The normalized spacial score (nSPS) is 30.1. The molecule has 27 heavy (non-hydrogen) atoms. The van der Waals surface area contributed by atoms with E-state index < -0.39 is 5.60 Å². The third-order valence-electron chi connectivity index (χ3n) is 5.88. The Morgan fingerprint density at radius 1 is 1.26 bits per heavy atom. The van der Waals surface area contributed by atoms with Crippen LogP contribution in [0.4, 0.5) is 0 Å². The zero-order valence-corrected chi connectivity index (χ0v) is 18.1. The van der Waals surface area contributed by atoms with E-state index in [1.807, 2.05) is 6.92 Å². The van der Waals surface area contributed by atoms with Gasteiger partial charge in [0.2, 0.25) is 11.8 Å². The van der Waals surface area contributed by atoms with Crippen LogP contribution < -0.4 is 10.6 Å². The van der Waals surface area contributed by atoms with Gasteiger partial charge in [-0.3, -0.25) is 14.4 Å². The van der Waals surface area contributed by atoms with E-state index in [0.29, 0.717) is 12.3 Å². The van der Waals surface area contributed by atoms with E-state index in [-0.39, 0.29) is 48.2 Å². The topological polar surface area (TPSA) is 87.7 Å². The molecular formula is C20H37N3O4. The number of hydrogen-bond donors (Lipinski definition) is 2. The number of likely N-dealkylation sites (N-methyl/N-ethyl adjacent to an activating group) is 1. The SMILES string of the molecule is CCC(C)C(C)C1OC(C)(C(=O)NCC(=O)N(C)C)CC(C)C1NC(C)=O. The maximum Gasteiger partial charge on any atom is 0.252 e. The molecule has 1 saturated heterocycles. The summed E-state index contributed by atoms with van der Waals surface area (Å²) in [5.41, 5.74) is -1.03. The predicted octanol–water partition coefficient (Wildman–Crippen LogP) is 1.56. The van der Waals surface area contributed by atoms with Gasteiger partial charge in [-0.2, -0.15) is 0 Å². The Morgan fingerprint density at radius 2 is 1.85 bits per heavy atom. The fourth-order valence-corrected chi connectivity index (χ4v) is 3.72. The van der Waals surface area contributed by atoms with Gasteiger partial charge in [-0.25, -0.2) is 0 Å². The van der Waals surface area contributed by atoms with Crippen molar-refractivity contribution in [3.63, 3.8) is 0 Å². The molecular weight excluding hydrogens is 346 g/mol. The van der Waals surface area contributed by atoms with E-state index in [2.05, 4.69) is 31.4 Å². The van der Waals surface area contributed by atoms with Gasteiger partial charge in [-0.1, -0.05) is 34.1 Å². The summed E-state index contributed by atoms with van der Waals surface area (Å²) >= 11 is 0. The van der Waals surface area contributed by atoms with Gasteiger partial charge < -0.3 is 20.3 Å². The molecule has 0 aromatic carbocycles. The fraction of sp³-hybridized carbons (Fsp3) is 0.850. The number of rotatable bonds is 7. The summed E-state index contributed by atoms with van der Waals surface area (Å²) in [6.45, 7) is 11.7. The van der Waals surface area contributed by atoms with Gasteiger partial charge in [-0.15, -0.1) is 0 Å². The van der Waals surface area contributed by atoms with Crippen molar-refractivity contribution in [2.24, 2.45) is 17.8 Å². The molecule has 1 fully saturated rings. The molecule has 156 valence electrons. The van der Waals surface area contributed by atoms with Crippen LogP contribution in [0.3, 0.4) is 0 Å².